The fourth-order valence-corrected chi connectivity index (χ4v) is 3.86. The van der Waals surface area contributed by atoms with Crippen LogP contribution in [0.5, 0.6) is 0 Å². The number of ether oxygens (including phenoxy) is 1. The Morgan fingerprint density at radius 3 is 2.70 bits per heavy atom. The lowest BCUT2D eigenvalue weighted by Crippen LogP contribution is -2.22. The molecule has 0 saturated heterocycles. The fourth-order valence-electron chi connectivity index (χ4n) is 1.72. The Hall–Kier alpha value is -1.41. The van der Waals surface area contributed by atoms with E-state index in [1.165, 1.54) is 6.07 Å². The zero-order valence-electron chi connectivity index (χ0n) is 11.0. The van der Waals surface area contributed by atoms with Gasteiger partial charge >= 0.3 is 0 Å². The van der Waals surface area contributed by atoms with Crippen LogP contribution in [0.4, 0.5) is 5.69 Å². The molecule has 1 aromatic heterocycles. The van der Waals surface area contributed by atoms with Crippen LogP contribution >= 0.6 is 11.3 Å². The highest BCUT2D eigenvalue weighted by Crippen LogP contribution is 2.21. The van der Waals surface area contributed by atoms with E-state index < -0.39 is 10.0 Å². The number of rotatable bonds is 6. The summed E-state index contributed by atoms with van der Waals surface area (Å²) in [6, 6.07) is 9.04. The van der Waals surface area contributed by atoms with Gasteiger partial charge in [0.25, 0.3) is 0 Å². The number of hydrogen-bond acceptors (Lipinski definition) is 5. The van der Waals surface area contributed by atoms with Crippen LogP contribution in [-0.4, -0.2) is 15.5 Å². The smallest absolute Gasteiger partial charge is 0.250 e. The minimum absolute atomic E-state index is 0.225. The number of sulfonamides is 1. The molecule has 0 saturated carbocycles. The van der Waals surface area contributed by atoms with Gasteiger partial charge in [0.05, 0.1) is 6.61 Å². The lowest BCUT2D eigenvalue weighted by atomic mass is 10.1. The number of thiophene rings is 1. The molecule has 2 rings (SSSR count). The summed E-state index contributed by atoms with van der Waals surface area (Å²) in [4.78, 5) is 0. The third-order valence-electron chi connectivity index (χ3n) is 2.63. The lowest BCUT2D eigenvalue weighted by Gasteiger charge is -2.06. The first kappa shape index (κ1) is 15.0. The zero-order valence-corrected chi connectivity index (χ0v) is 12.6. The van der Waals surface area contributed by atoms with Crippen LogP contribution in [0.2, 0.25) is 0 Å². The first-order valence-corrected chi connectivity index (χ1v) is 8.28. The van der Waals surface area contributed by atoms with Crippen molar-refractivity contribution in [1.29, 1.82) is 0 Å². The predicted octanol–water partition coefficient (Wildman–Crippen LogP) is 1.96. The second kappa shape index (κ2) is 6.36. The van der Waals surface area contributed by atoms with Crippen LogP contribution < -0.4 is 10.5 Å². The lowest BCUT2D eigenvalue weighted by molar-refractivity contribution is 0.185. The molecule has 20 heavy (non-hydrogen) atoms. The number of nitrogen functional groups attached to an aromatic ring is 1. The summed E-state index contributed by atoms with van der Waals surface area (Å²) in [5.74, 6) is 0. The molecule has 0 amide bonds. The van der Waals surface area contributed by atoms with E-state index in [0.29, 0.717) is 12.3 Å². The van der Waals surface area contributed by atoms with E-state index in [2.05, 4.69) is 4.72 Å². The molecule has 0 aliphatic rings. The van der Waals surface area contributed by atoms with Crippen LogP contribution in [-0.2, 0) is 27.9 Å². The minimum atomic E-state index is -3.51. The number of hydrogen-bond donors (Lipinski definition) is 2. The number of anilines is 1. The number of benzene rings is 1. The SMILES string of the molecule is COCc1cccc(CNS(=O)(=O)c2cc(N)cs2)c1. The van der Waals surface area contributed by atoms with Crippen molar-refractivity contribution in [2.24, 2.45) is 0 Å². The van der Waals surface area contributed by atoms with Crippen molar-refractivity contribution in [3.8, 4) is 0 Å². The Kier molecular flexibility index (Phi) is 4.77. The van der Waals surface area contributed by atoms with E-state index in [-0.39, 0.29) is 10.8 Å². The van der Waals surface area contributed by atoms with Gasteiger partial charge in [-0.3, -0.25) is 0 Å². The molecule has 1 aromatic carbocycles. The third kappa shape index (κ3) is 3.80. The van der Waals surface area contributed by atoms with Crippen LogP contribution in [0, 0.1) is 0 Å². The standard InChI is InChI=1S/C13H16N2O3S2/c1-18-8-11-4-2-3-10(5-11)7-15-20(16,17)13-6-12(14)9-19-13/h2-6,9,15H,7-8,14H2,1H3. The largest absolute Gasteiger partial charge is 0.398 e. The van der Waals surface area contributed by atoms with Gasteiger partial charge in [-0.15, -0.1) is 11.3 Å². The molecule has 0 radical (unpaired) electrons. The average Bonchev–Trinajstić information content (AvgIpc) is 2.85. The first-order chi connectivity index (χ1) is 9.51. The zero-order chi connectivity index (χ0) is 14.6. The normalized spacial score (nSPS) is 11.7. The molecule has 108 valence electrons. The summed E-state index contributed by atoms with van der Waals surface area (Å²) in [5.41, 5.74) is 7.88. The second-order valence-corrected chi connectivity index (χ2v) is 7.18. The monoisotopic (exact) mass is 312 g/mol. The number of methoxy groups -OCH3 is 1. The molecule has 0 fully saturated rings. The van der Waals surface area contributed by atoms with Crippen LogP contribution in [0.15, 0.2) is 39.9 Å². The number of nitrogens with one attached hydrogen (secondary N) is 1. The van der Waals surface area contributed by atoms with Crippen LogP contribution in [0.3, 0.4) is 0 Å². The van der Waals surface area contributed by atoms with Gasteiger partial charge in [0.1, 0.15) is 4.21 Å². The summed E-state index contributed by atoms with van der Waals surface area (Å²) >= 11 is 1.11. The van der Waals surface area contributed by atoms with Crippen molar-refractivity contribution >= 4 is 27.0 Å². The third-order valence-corrected chi connectivity index (χ3v) is 5.49. The van der Waals surface area contributed by atoms with E-state index in [1.807, 2.05) is 24.3 Å². The van der Waals surface area contributed by atoms with Crippen molar-refractivity contribution < 1.29 is 13.2 Å². The van der Waals surface area contributed by atoms with Gasteiger partial charge in [0, 0.05) is 24.7 Å². The highest BCUT2D eigenvalue weighted by atomic mass is 32.2. The predicted molar refractivity (Wildman–Crippen MR) is 79.9 cm³/mol. The van der Waals surface area contributed by atoms with Crippen molar-refractivity contribution in [1.82, 2.24) is 4.72 Å². The Labute approximate surface area is 122 Å². The highest BCUT2D eigenvalue weighted by Gasteiger charge is 2.15. The Balaban J connectivity index is 2.06. The van der Waals surface area contributed by atoms with Gasteiger partial charge in [0.15, 0.2) is 0 Å². The average molecular weight is 312 g/mol. The van der Waals surface area contributed by atoms with E-state index in [4.69, 9.17) is 10.5 Å². The topological polar surface area (TPSA) is 81.4 Å². The Morgan fingerprint density at radius 2 is 2.05 bits per heavy atom. The summed E-state index contributed by atoms with van der Waals surface area (Å²) in [6.07, 6.45) is 0. The van der Waals surface area contributed by atoms with E-state index in [0.717, 1.165) is 22.5 Å². The first-order valence-electron chi connectivity index (χ1n) is 5.92. The summed E-state index contributed by atoms with van der Waals surface area (Å²) in [7, 11) is -1.88. The summed E-state index contributed by atoms with van der Waals surface area (Å²) in [5, 5.41) is 1.60. The quantitative estimate of drug-likeness (QED) is 0.854. The molecule has 7 heteroatoms. The van der Waals surface area contributed by atoms with E-state index in [9.17, 15) is 8.42 Å². The van der Waals surface area contributed by atoms with Crippen molar-refractivity contribution in [3.05, 3.63) is 46.8 Å². The van der Waals surface area contributed by atoms with E-state index >= 15 is 0 Å². The molecule has 0 spiro atoms. The van der Waals surface area contributed by atoms with Gasteiger partial charge < -0.3 is 10.5 Å². The maximum atomic E-state index is 12.0. The highest BCUT2D eigenvalue weighted by molar-refractivity contribution is 7.91. The molecular weight excluding hydrogens is 296 g/mol. The molecule has 0 unspecified atom stereocenters. The Morgan fingerprint density at radius 1 is 1.30 bits per heavy atom. The second-order valence-electron chi connectivity index (χ2n) is 4.28. The van der Waals surface area contributed by atoms with Crippen LogP contribution in [0.1, 0.15) is 11.1 Å². The fraction of sp³-hybridized carbons (Fsp3) is 0.231. The molecule has 0 aliphatic heterocycles. The maximum absolute atomic E-state index is 12.0. The van der Waals surface area contributed by atoms with Gasteiger partial charge in [-0.2, -0.15) is 0 Å². The van der Waals surface area contributed by atoms with Gasteiger partial charge in [-0.05, 0) is 17.2 Å². The van der Waals surface area contributed by atoms with E-state index in [1.54, 1.807) is 12.5 Å². The van der Waals surface area contributed by atoms with Gasteiger partial charge in [0.2, 0.25) is 10.0 Å². The Bertz CT molecular complexity index is 680. The number of nitrogens with two attached hydrogens (primary N) is 1. The summed E-state index contributed by atoms with van der Waals surface area (Å²) in [6.45, 7) is 0.736. The van der Waals surface area contributed by atoms with Crippen molar-refractivity contribution in [3.63, 3.8) is 0 Å². The molecule has 3 N–H and O–H groups in total. The molecule has 1 heterocycles. The molecular formula is C13H16N2O3S2. The van der Waals surface area contributed by atoms with Crippen molar-refractivity contribution in [2.45, 2.75) is 17.4 Å². The van der Waals surface area contributed by atoms with Crippen molar-refractivity contribution in [2.75, 3.05) is 12.8 Å². The molecule has 5 nitrogen and oxygen atoms in total. The van der Waals surface area contributed by atoms with Gasteiger partial charge in [-0.1, -0.05) is 24.3 Å². The van der Waals surface area contributed by atoms with Crippen LogP contribution in [0.25, 0.3) is 0 Å². The maximum Gasteiger partial charge on any atom is 0.250 e. The molecule has 0 aliphatic carbocycles. The molecule has 0 atom stereocenters. The summed E-state index contributed by atoms with van der Waals surface area (Å²) < 4.78 is 31.9. The molecule has 0 bridgehead atoms. The molecule has 2 aromatic rings. The minimum Gasteiger partial charge on any atom is -0.398 e. The van der Waals surface area contributed by atoms with Gasteiger partial charge in [-0.25, -0.2) is 13.1 Å².